The molecule has 0 saturated carbocycles. The van der Waals surface area contributed by atoms with Gasteiger partial charge in [-0.15, -0.1) is 0 Å². The average Bonchev–Trinajstić information content (AvgIpc) is 2.87. The number of rotatable bonds is 9. The van der Waals surface area contributed by atoms with E-state index in [2.05, 4.69) is 21.2 Å². The van der Waals surface area contributed by atoms with Crippen LogP contribution in [0.2, 0.25) is 0 Å². The van der Waals surface area contributed by atoms with Crippen LogP contribution in [0.4, 0.5) is 11.4 Å². The summed E-state index contributed by atoms with van der Waals surface area (Å²) in [6, 6.07) is 17.3. The summed E-state index contributed by atoms with van der Waals surface area (Å²) in [5.74, 6) is -0.874. The van der Waals surface area contributed by atoms with E-state index in [-0.39, 0.29) is 12.5 Å². The number of hydrazone groups is 1. The molecule has 3 rings (SSSR count). The van der Waals surface area contributed by atoms with Crippen LogP contribution in [0.1, 0.15) is 16.7 Å². The molecule has 3 aromatic carbocycles. The summed E-state index contributed by atoms with van der Waals surface area (Å²) in [7, 11) is 2.96. The lowest BCUT2D eigenvalue weighted by Gasteiger charge is -2.12. The van der Waals surface area contributed by atoms with Crippen molar-refractivity contribution in [2.75, 3.05) is 31.5 Å². The molecule has 0 atom stereocenters. The third-order valence-corrected chi connectivity index (χ3v) is 4.97. The first kappa shape index (κ1) is 26.7. The van der Waals surface area contributed by atoms with Crippen LogP contribution in [0, 0.1) is 13.8 Å². The fourth-order valence-corrected chi connectivity index (χ4v) is 3.38. The van der Waals surface area contributed by atoms with E-state index in [0.29, 0.717) is 34.2 Å². The molecule has 0 aliphatic carbocycles. The van der Waals surface area contributed by atoms with Gasteiger partial charge < -0.3 is 24.8 Å². The fourth-order valence-electron chi connectivity index (χ4n) is 3.38. The van der Waals surface area contributed by atoms with Gasteiger partial charge in [-0.3, -0.25) is 14.4 Å². The molecule has 37 heavy (non-hydrogen) atoms. The quantitative estimate of drug-likeness (QED) is 0.233. The van der Waals surface area contributed by atoms with E-state index in [1.165, 1.54) is 20.4 Å². The number of hydrogen-bond donors (Lipinski definition) is 3. The monoisotopic (exact) mass is 504 g/mol. The molecule has 10 heteroatoms. The molecule has 0 aliphatic rings. The molecule has 0 radical (unpaired) electrons. The molecule has 0 heterocycles. The van der Waals surface area contributed by atoms with E-state index in [4.69, 9.17) is 14.2 Å². The van der Waals surface area contributed by atoms with Gasteiger partial charge in [0.1, 0.15) is 5.75 Å². The van der Waals surface area contributed by atoms with Crippen LogP contribution in [0.25, 0.3) is 0 Å². The molecule has 3 N–H and O–H groups in total. The number of benzene rings is 3. The average molecular weight is 505 g/mol. The van der Waals surface area contributed by atoms with Gasteiger partial charge in [0.15, 0.2) is 18.1 Å². The summed E-state index contributed by atoms with van der Waals surface area (Å²) < 4.78 is 16.0. The highest BCUT2D eigenvalue weighted by Gasteiger charge is 2.13. The molecule has 0 unspecified atom stereocenters. The number of methoxy groups -OCH3 is 2. The second-order valence-corrected chi connectivity index (χ2v) is 8.01. The maximum absolute atomic E-state index is 12.3. The Morgan fingerprint density at radius 2 is 1.57 bits per heavy atom. The number of nitrogens with one attached hydrogen (secondary N) is 3. The Hall–Kier alpha value is -4.86. The fraction of sp³-hybridized carbons (Fsp3) is 0.185. The van der Waals surface area contributed by atoms with Gasteiger partial charge in [-0.2, -0.15) is 5.10 Å². The standard InChI is InChI=1S/C27H28N4O6/c1-17-10-18(2)12-21(11-17)29-25(32)16-37-23-9-8-19(13-24(23)36-4)15-28-31-27(34)26(33)30-20-6-5-7-22(14-20)35-3/h5-15H,16H2,1-4H3,(H,29,32)(H,30,33)(H,31,34)/b28-15-. The molecule has 0 aliphatic heterocycles. The lowest BCUT2D eigenvalue weighted by Crippen LogP contribution is -2.32. The Bertz CT molecular complexity index is 1300. The summed E-state index contributed by atoms with van der Waals surface area (Å²) in [5, 5.41) is 9.07. The maximum Gasteiger partial charge on any atom is 0.329 e. The molecule has 10 nitrogen and oxygen atoms in total. The van der Waals surface area contributed by atoms with E-state index in [1.54, 1.807) is 42.5 Å². The van der Waals surface area contributed by atoms with Gasteiger partial charge in [0.05, 0.1) is 20.4 Å². The molecular weight excluding hydrogens is 476 g/mol. The van der Waals surface area contributed by atoms with Crippen LogP contribution < -0.4 is 30.3 Å². The maximum atomic E-state index is 12.3. The zero-order valence-corrected chi connectivity index (χ0v) is 21.0. The second kappa shape index (κ2) is 12.7. The minimum atomic E-state index is -0.944. The Morgan fingerprint density at radius 3 is 2.27 bits per heavy atom. The third kappa shape index (κ3) is 8.10. The molecule has 0 bridgehead atoms. The Kier molecular flexibility index (Phi) is 9.20. The number of aryl methyl sites for hydroxylation is 2. The number of carbonyl (C=O) groups is 3. The molecule has 0 aromatic heterocycles. The molecule has 0 spiro atoms. The summed E-state index contributed by atoms with van der Waals surface area (Å²) in [6.07, 6.45) is 1.34. The van der Waals surface area contributed by atoms with Crippen molar-refractivity contribution in [2.24, 2.45) is 5.10 Å². The first-order valence-electron chi connectivity index (χ1n) is 11.2. The Morgan fingerprint density at radius 1 is 0.811 bits per heavy atom. The van der Waals surface area contributed by atoms with Crippen LogP contribution in [-0.4, -0.2) is 44.8 Å². The van der Waals surface area contributed by atoms with Gasteiger partial charge in [0.2, 0.25) is 0 Å². The van der Waals surface area contributed by atoms with Crippen LogP contribution >= 0.6 is 0 Å². The Balaban J connectivity index is 1.53. The summed E-state index contributed by atoms with van der Waals surface area (Å²) >= 11 is 0. The van der Waals surface area contributed by atoms with E-state index in [9.17, 15) is 14.4 Å². The van der Waals surface area contributed by atoms with Crippen LogP contribution in [0.5, 0.6) is 17.2 Å². The van der Waals surface area contributed by atoms with E-state index < -0.39 is 11.8 Å². The predicted octanol–water partition coefficient (Wildman–Crippen LogP) is 3.43. The van der Waals surface area contributed by atoms with E-state index in [0.717, 1.165) is 11.1 Å². The van der Waals surface area contributed by atoms with Crippen molar-refractivity contribution in [3.05, 3.63) is 77.4 Å². The number of hydrogen-bond acceptors (Lipinski definition) is 7. The minimum absolute atomic E-state index is 0.213. The van der Waals surface area contributed by atoms with Crippen molar-refractivity contribution in [1.82, 2.24) is 5.43 Å². The largest absolute Gasteiger partial charge is 0.497 e. The van der Waals surface area contributed by atoms with Crippen molar-refractivity contribution < 1.29 is 28.6 Å². The van der Waals surface area contributed by atoms with Gasteiger partial charge >= 0.3 is 11.8 Å². The SMILES string of the molecule is COc1cccc(NC(=O)C(=O)N/N=C\c2ccc(OCC(=O)Nc3cc(C)cc(C)c3)c(OC)c2)c1. The first-order valence-corrected chi connectivity index (χ1v) is 11.2. The molecule has 0 saturated heterocycles. The lowest BCUT2D eigenvalue weighted by atomic mass is 10.1. The van der Waals surface area contributed by atoms with Crippen LogP contribution in [0.15, 0.2) is 65.8 Å². The number of ether oxygens (including phenoxy) is 3. The molecule has 3 aromatic rings. The highest BCUT2D eigenvalue weighted by molar-refractivity contribution is 6.39. The zero-order chi connectivity index (χ0) is 26.8. The zero-order valence-electron chi connectivity index (χ0n) is 21.0. The molecule has 0 fully saturated rings. The minimum Gasteiger partial charge on any atom is -0.497 e. The van der Waals surface area contributed by atoms with Gasteiger partial charge in [-0.25, -0.2) is 5.43 Å². The summed E-state index contributed by atoms with van der Waals surface area (Å²) in [4.78, 5) is 36.4. The normalized spacial score (nSPS) is 10.5. The van der Waals surface area contributed by atoms with Gasteiger partial charge in [-0.05, 0) is 73.0 Å². The van der Waals surface area contributed by atoms with Crippen molar-refractivity contribution in [3.8, 4) is 17.2 Å². The smallest absolute Gasteiger partial charge is 0.329 e. The van der Waals surface area contributed by atoms with Crippen molar-refractivity contribution in [1.29, 1.82) is 0 Å². The number of anilines is 2. The van der Waals surface area contributed by atoms with Crippen LogP contribution in [0.3, 0.4) is 0 Å². The molecule has 3 amide bonds. The van der Waals surface area contributed by atoms with Crippen LogP contribution in [-0.2, 0) is 14.4 Å². The Labute approximate surface area is 214 Å². The van der Waals surface area contributed by atoms with E-state index in [1.807, 2.05) is 32.0 Å². The third-order valence-electron chi connectivity index (χ3n) is 4.97. The van der Waals surface area contributed by atoms with Gasteiger partial charge in [0.25, 0.3) is 5.91 Å². The topological polar surface area (TPSA) is 127 Å². The highest BCUT2D eigenvalue weighted by atomic mass is 16.5. The second-order valence-electron chi connectivity index (χ2n) is 8.01. The number of nitrogens with zero attached hydrogens (tertiary/aromatic N) is 1. The summed E-state index contributed by atoms with van der Waals surface area (Å²) in [5.41, 5.74) is 5.93. The highest BCUT2D eigenvalue weighted by Crippen LogP contribution is 2.27. The van der Waals surface area contributed by atoms with Gasteiger partial charge in [0, 0.05) is 17.4 Å². The predicted molar refractivity (Wildman–Crippen MR) is 140 cm³/mol. The lowest BCUT2D eigenvalue weighted by molar-refractivity contribution is -0.136. The van der Waals surface area contributed by atoms with E-state index >= 15 is 0 Å². The first-order chi connectivity index (χ1) is 17.8. The van der Waals surface area contributed by atoms with Crippen molar-refractivity contribution in [3.63, 3.8) is 0 Å². The van der Waals surface area contributed by atoms with Crippen molar-refractivity contribution >= 4 is 35.3 Å². The molecular formula is C27H28N4O6. The number of carbonyl (C=O) groups excluding carboxylic acids is 3. The van der Waals surface area contributed by atoms with Crippen molar-refractivity contribution in [2.45, 2.75) is 13.8 Å². The number of amides is 3. The van der Waals surface area contributed by atoms with Gasteiger partial charge in [-0.1, -0.05) is 12.1 Å². The molecule has 192 valence electrons. The summed E-state index contributed by atoms with van der Waals surface area (Å²) in [6.45, 7) is 3.70.